The quantitative estimate of drug-likeness (QED) is 0.781. The van der Waals surface area contributed by atoms with E-state index in [9.17, 15) is 4.79 Å². The van der Waals surface area contributed by atoms with Crippen LogP contribution in [0.5, 0.6) is 0 Å². The number of nitrogens with zero attached hydrogens (tertiary/aromatic N) is 3. The van der Waals surface area contributed by atoms with Crippen molar-refractivity contribution in [3.63, 3.8) is 0 Å². The minimum absolute atomic E-state index is 0.115. The smallest absolute Gasteiger partial charge is 0.253 e. The molecule has 0 aromatic heterocycles. The number of para-hydroxylation sites is 1. The van der Waals surface area contributed by atoms with Crippen LogP contribution in [0.3, 0.4) is 0 Å². The molecular formula is C17H25N3O2. The number of amides is 1. The zero-order chi connectivity index (χ0) is 15.7. The van der Waals surface area contributed by atoms with E-state index < -0.39 is 0 Å². The van der Waals surface area contributed by atoms with Crippen LogP contribution in [0.25, 0.3) is 0 Å². The van der Waals surface area contributed by atoms with Gasteiger partial charge in [0.15, 0.2) is 0 Å². The molecule has 0 aliphatic carbocycles. The van der Waals surface area contributed by atoms with E-state index >= 15 is 0 Å². The van der Waals surface area contributed by atoms with Crippen LogP contribution in [0, 0.1) is 0 Å². The molecule has 2 aliphatic heterocycles. The molecule has 3 rings (SSSR count). The average Bonchev–Trinajstić information content (AvgIpc) is 2.63. The highest BCUT2D eigenvalue weighted by Crippen LogP contribution is 2.26. The van der Waals surface area contributed by atoms with Gasteiger partial charge < -0.3 is 19.4 Å². The maximum Gasteiger partial charge on any atom is 0.253 e. The lowest BCUT2D eigenvalue weighted by molar-refractivity contribution is -0.151. The molecule has 2 aliphatic rings. The summed E-state index contributed by atoms with van der Waals surface area (Å²) in [7, 11) is 4.13. The van der Waals surface area contributed by atoms with Crippen molar-refractivity contribution in [3.8, 4) is 0 Å². The number of morpholine rings is 1. The fourth-order valence-corrected chi connectivity index (χ4v) is 3.36. The number of carbonyl (C=O) groups is 1. The minimum atomic E-state index is -0.336. The van der Waals surface area contributed by atoms with Crippen LogP contribution < -0.4 is 4.90 Å². The van der Waals surface area contributed by atoms with Crippen molar-refractivity contribution in [1.29, 1.82) is 0 Å². The summed E-state index contributed by atoms with van der Waals surface area (Å²) in [5.41, 5.74) is 2.41. The Morgan fingerprint density at radius 1 is 1.23 bits per heavy atom. The van der Waals surface area contributed by atoms with Crippen molar-refractivity contribution in [1.82, 2.24) is 9.80 Å². The van der Waals surface area contributed by atoms with Gasteiger partial charge in [0, 0.05) is 45.0 Å². The molecule has 0 spiro atoms. The highest BCUT2D eigenvalue weighted by atomic mass is 16.5. The molecule has 0 bridgehead atoms. The van der Waals surface area contributed by atoms with Gasteiger partial charge in [-0.3, -0.25) is 4.79 Å². The number of carbonyl (C=O) groups excluding carboxylic acids is 1. The van der Waals surface area contributed by atoms with Gasteiger partial charge >= 0.3 is 0 Å². The van der Waals surface area contributed by atoms with Crippen molar-refractivity contribution >= 4 is 11.6 Å². The van der Waals surface area contributed by atoms with Gasteiger partial charge in [0.25, 0.3) is 5.91 Å². The fraction of sp³-hybridized carbons (Fsp3) is 0.588. The van der Waals surface area contributed by atoms with Crippen molar-refractivity contribution < 1.29 is 9.53 Å². The topological polar surface area (TPSA) is 36.0 Å². The second-order valence-corrected chi connectivity index (χ2v) is 6.45. The monoisotopic (exact) mass is 303 g/mol. The fourth-order valence-electron chi connectivity index (χ4n) is 3.36. The minimum Gasteiger partial charge on any atom is -0.372 e. The molecule has 1 fully saturated rings. The largest absolute Gasteiger partial charge is 0.372 e. The van der Waals surface area contributed by atoms with Gasteiger partial charge in [-0.05, 0) is 25.6 Å². The first-order valence-corrected chi connectivity index (χ1v) is 7.96. The summed E-state index contributed by atoms with van der Waals surface area (Å²) >= 11 is 0. The Hall–Kier alpha value is -1.59. The first kappa shape index (κ1) is 15.3. The summed E-state index contributed by atoms with van der Waals surface area (Å²) in [6.45, 7) is 5.82. The standard InChI is InChI=1S/C17H25N3O2/c1-13-10-19(3)15-7-5-4-6-14(15)11-20(13)17(21)16-12-18(2)8-9-22-16/h4-7,13,16H,8-12H2,1-3H3/t13-,16-/m1/s1. The van der Waals surface area contributed by atoms with E-state index in [4.69, 9.17) is 4.74 Å². The number of anilines is 1. The summed E-state index contributed by atoms with van der Waals surface area (Å²) in [5.74, 6) is 0.115. The van der Waals surface area contributed by atoms with Crippen LogP contribution in [0.1, 0.15) is 12.5 Å². The van der Waals surface area contributed by atoms with Crippen molar-refractivity contribution in [2.45, 2.75) is 25.6 Å². The molecule has 1 saturated heterocycles. The molecule has 0 radical (unpaired) electrons. The maximum atomic E-state index is 12.9. The normalized spacial score (nSPS) is 26.5. The van der Waals surface area contributed by atoms with Gasteiger partial charge in [-0.1, -0.05) is 18.2 Å². The molecule has 0 saturated carbocycles. The third-order valence-electron chi connectivity index (χ3n) is 4.64. The van der Waals surface area contributed by atoms with E-state index in [1.165, 1.54) is 11.3 Å². The van der Waals surface area contributed by atoms with Crippen LogP contribution in [0.4, 0.5) is 5.69 Å². The lowest BCUT2D eigenvalue weighted by Crippen LogP contribution is -2.52. The van der Waals surface area contributed by atoms with Gasteiger partial charge in [0.1, 0.15) is 6.10 Å². The van der Waals surface area contributed by atoms with Crippen molar-refractivity contribution in [3.05, 3.63) is 29.8 Å². The Bertz CT molecular complexity index is 548. The van der Waals surface area contributed by atoms with E-state index in [0.717, 1.165) is 13.1 Å². The van der Waals surface area contributed by atoms with Crippen LogP contribution in [-0.2, 0) is 16.1 Å². The Labute approximate surface area is 132 Å². The molecule has 0 N–H and O–H groups in total. The van der Waals surface area contributed by atoms with Crippen molar-refractivity contribution in [2.24, 2.45) is 0 Å². The van der Waals surface area contributed by atoms with Gasteiger partial charge in [-0.15, -0.1) is 0 Å². The summed E-state index contributed by atoms with van der Waals surface area (Å²) in [6, 6.07) is 8.49. The Kier molecular flexibility index (Phi) is 4.36. The molecule has 0 unspecified atom stereocenters. The molecule has 120 valence electrons. The number of fused-ring (bicyclic) bond motifs is 1. The van der Waals surface area contributed by atoms with E-state index in [0.29, 0.717) is 19.7 Å². The molecule has 1 aromatic carbocycles. The van der Waals surface area contributed by atoms with E-state index in [-0.39, 0.29) is 18.1 Å². The molecule has 1 aromatic rings. The van der Waals surface area contributed by atoms with Crippen molar-refractivity contribution in [2.75, 3.05) is 45.2 Å². The average molecular weight is 303 g/mol. The lowest BCUT2D eigenvalue weighted by atomic mass is 10.1. The highest BCUT2D eigenvalue weighted by Gasteiger charge is 2.33. The summed E-state index contributed by atoms with van der Waals surface area (Å²) in [4.78, 5) is 19.3. The number of rotatable bonds is 1. The third kappa shape index (κ3) is 2.96. The summed E-state index contributed by atoms with van der Waals surface area (Å²) < 4.78 is 5.72. The van der Waals surface area contributed by atoms with E-state index in [2.05, 4.69) is 42.0 Å². The number of hydrogen-bond donors (Lipinski definition) is 0. The Morgan fingerprint density at radius 3 is 2.77 bits per heavy atom. The van der Waals surface area contributed by atoms with Crippen LogP contribution >= 0.6 is 0 Å². The second-order valence-electron chi connectivity index (χ2n) is 6.45. The molecule has 5 nitrogen and oxygen atoms in total. The molecule has 1 amide bonds. The van der Waals surface area contributed by atoms with Gasteiger partial charge in [0.2, 0.25) is 0 Å². The first-order chi connectivity index (χ1) is 10.6. The number of ether oxygens (including phenoxy) is 1. The number of benzene rings is 1. The lowest BCUT2D eigenvalue weighted by Gasteiger charge is -2.35. The van der Waals surface area contributed by atoms with Gasteiger partial charge in [0.05, 0.1) is 6.61 Å². The van der Waals surface area contributed by atoms with Gasteiger partial charge in [-0.2, -0.15) is 0 Å². The highest BCUT2D eigenvalue weighted by molar-refractivity contribution is 5.82. The molecule has 22 heavy (non-hydrogen) atoms. The van der Waals surface area contributed by atoms with E-state index in [1.54, 1.807) is 0 Å². The molecular weight excluding hydrogens is 278 g/mol. The predicted octanol–water partition coefficient (Wildman–Crippen LogP) is 1.18. The SMILES string of the molecule is C[C@@H]1CN(C)c2ccccc2CN1C(=O)[C@H]1CN(C)CCO1. The number of likely N-dealkylation sites (N-methyl/N-ethyl adjacent to an activating group) is 2. The second kappa shape index (κ2) is 6.26. The summed E-state index contributed by atoms with van der Waals surface area (Å²) in [5, 5.41) is 0. The Balaban J connectivity index is 1.82. The number of hydrogen-bond acceptors (Lipinski definition) is 4. The zero-order valence-corrected chi connectivity index (χ0v) is 13.7. The molecule has 2 heterocycles. The Morgan fingerprint density at radius 2 is 2.00 bits per heavy atom. The molecule has 5 heteroatoms. The zero-order valence-electron chi connectivity index (χ0n) is 13.7. The maximum absolute atomic E-state index is 12.9. The van der Waals surface area contributed by atoms with Crippen LogP contribution in [0.2, 0.25) is 0 Å². The first-order valence-electron chi connectivity index (χ1n) is 7.96. The summed E-state index contributed by atoms with van der Waals surface area (Å²) in [6.07, 6.45) is -0.336. The third-order valence-corrected chi connectivity index (χ3v) is 4.64. The van der Waals surface area contributed by atoms with Crippen LogP contribution in [-0.4, -0.2) is 68.2 Å². The van der Waals surface area contributed by atoms with E-state index in [1.807, 2.05) is 18.0 Å². The van der Waals surface area contributed by atoms with Gasteiger partial charge in [-0.25, -0.2) is 0 Å². The molecule has 2 atom stereocenters. The van der Waals surface area contributed by atoms with Crippen LogP contribution in [0.15, 0.2) is 24.3 Å². The predicted molar refractivity (Wildman–Crippen MR) is 87.0 cm³/mol.